The second kappa shape index (κ2) is 8.70. The van der Waals surface area contributed by atoms with Gasteiger partial charge >= 0.3 is 0 Å². The highest BCUT2D eigenvalue weighted by atomic mass is 19.1. The van der Waals surface area contributed by atoms with Crippen LogP contribution in [0, 0.1) is 17.2 Å². The molecular formula is C28H28FN3O5. The van der Waals surface area contributed by atoms with Crippen LogP contribution in [0.15, 0.2) is 60.7 Å². The predicted molar refractivity (Wildman–Crippen MR) is 132 cm³/mol. The van der Waals surface area contributed by atoms with Gasteiger partial charge in [0.1, 0.15) is 5.75 Å². The van der Waals surface area contributed by atoms with Crippen molar-refractivity contribution in [2.45, 2.75) is 23.0 Å². The van der Waals surface area contributed by atoms with Crippen molar-refractivity contribution < 1.29 is 28.8 Å². The number of hydrogen-bond donors (Lipinski definition) is 2. The Labute approximate surface area is 214 Å². The topological polar surface area (TPSA) is 108 Å². The number of aliphatic hydroxyl groups excluding tert-OH is 1. The van der Waals surface area contributed by atoms with Crippen molar-refractivity contribution in [3.8, 4) is 23.6 Å². The first-order chi connectivity index (χ1) is 17.7. The van der Waals surface area contributed by atoms with Gasteiger partial charge in [0.25, 0.3) is 0 Å². The highest BCUT2D eigenvalue weighted by Crippen LogP contribution is 2.72. The number of nitrogens with zero attached hydrogens (tertiary/aromatic N) is 3. The Kier molecular flexibility index (Phi) is 5.87. The highest BCUT2D eigenvalue weighted by Gasteiger charge is 2.84. The van der Waals surface area contributed by atoms with Gasteiger partial charge in [-0.15, -0.1) is 0 Å². The first kappa shape index (κ1) is 25.0. The van der Waals surface area contributed by atoms with Crippen molar-refractivity contribution in [1.82, 2.24) is 9.88 Å². The molecule has 0 saturated heterocycles. The Morgan fingerprint density at radius 3 is 2.32 bits per heavy atom. The van der Waals surface area contributed by atoms with Crippen LogP contribution in [0.4, 0.5) is 4.39 Å². The van der Waals surface area contributed by atoms with Gasteiger partial charge in [0.05, 0.1) is 37.5 Å². The lowest BCUT2D eigenvalue weighted by Gasteiger charge is -2.44. The molecule has 1 aliphatic carbocycles. The number of benzene rings is 2. The molecule has 0 amide bonds. The van der Waals surface area contributed by atoms with Crippen LogP contribution in [-0.2, 0) is 16.9 Å². The molecule has 0 unspecified atom stereocenters. The van der Waals surface area contributed by atoms with Crippen LogP contribution < -0.4 is 14.2 Å². The number of aliphatic hydroxyl groups is 2. The minimum Gasteiger partial charge on any atom is -0.481 e. The molecule has 2 aromatic carbocycles. The van der Waals surface area contributed by atoms with E-state index in [9.17, 15) is 15.5 Å². The zero-order valence-corrected chi connectivity index (χ0v) is 21.0. The van der Waals surface area contributed by atoms with E-state index in [1.807, 2.05) is 0 Å². The van der Waals surface area contributed by atoms with E-state index in [0.29, 0.717) is 5.56 Å². The summed E-state index contributed by atoms with van der Waals surface area (Å²) < 4.78 is 35.7. The third kappa shape index (κ3) is 3.13. The van der Waals surface area contributed by atoms with Crippen molar-refractivity contribution in [3.63, 3.8) is 0 Å². The minimum absolute atomic E-state index is 0.0341. The smallest absolute Gasteiger partial charge is 0.226 e. The quantitative estimate of drug-likeness (QED) is 0.527. The van der Waals surface area contributed by atoms with Gasteiger partial charge in [0, 0.05) is 24.1 Å². The van der Waals surface area contributed by atoms with Gasteiger partial charge in [-0.05, 0) is 31.8 Å². The van der Waals surface area contributed by atoms with Gasteiger partial charge in [-0.3, -0.25) is 0 Å². The van der Waals surface area contributed by atoms with Gasteiger partial charge in [-0.1, -0.05) is 42.5 Å². The van der Waals surface area contributed by atoms with Crippen LogP contribution in [-0.4, -0.2) is 61.1 Å². The molecule has 2 aliphatic rings. The van der Waals surface area contributed by atoms with E-state index in [0.717, 1.165) is 0 Å². The Morgan fingerprint density at radius 1 is 1.08 bits per heavy atom. The van der Waals surface area contributed by atoms with E-state index in [1.165, 1.54) is 32.4 Å². The minimum atomic E-state index is -2.45. The predicted octanol–water partition coefficient (Wildman–Crippen LogP) is 2.86. The average Bonchev–Trinajstić information content (AvgIpc) is 3.27. The number of halogens is 1. The fourth-order valence-corrected chi connectivity index (χ4v) is 6.04. The SMILES string of the molecule is COc1cc2c(c(OC)n1)[C@]1(O)[C@H](O)[C@H](CN(C)C)[C@@](F)(c3ccccc3)[C@]1(c1ccc(C#N)cc1)O2. The normalized spacial score (nSPS) is 29.8. The third-order valence-corrected chi connectivity index (χ3v) is 7.52. The Morgan fingerprint density at radius 2 is 1.76 bits per heavy atom. The lowest BCUT2D eigenvalue weighted by molar-refractivity contribution is -0.184. The van der Waals surface area contributed by atoms with Crippen molar-refractivity contribution in [2.75, 3.05) is 34.9 Å². The summed E-state index contributed by atoms with van der Waals surface area (Å²) in [5.41, 5.74) is -6.07. The maximum absolute atomic E-state index is 18.4. The standard InChI is InChI=1S/C28H28FN3O5/c1-32(2)16-20-24(33)27(34)23-21(14-22(35-3)31-25(23)36-4)37-28(27,19-12-10-17(15-30)11-13-19)26(20,29)18-8-6-5-7-9-18/h5-14,20,24,33-34H,16H2,1-4H3/t20-,24+,26-,27-,28-/m0/s1. The molecule has 1 aromatic heterocycles. The second-order valence-electron chi connectivity index (χ2n) is 9.68. The van der Waals surface area contributed by atoms with Crippen LogP contribution in [0.1, 0.15) is 22.3 Å². The molecule has 2 heterocycles. The van der Waals surface area contributed by atoms with E-state index < -0.39 is 28.9 Å². The number of methoxy groups -OCH3 is 2. The number of rotatable bonds is 6. The molecule has 37 heavy (non-hydrogen) atoms. The summed E-state index contributed by atoms with van der Waals surface area (Å²) in [4.78, 5) is 6.06. The maximum atomic E-state index is 18.4. The molecule has 0 bridgehead atoms. The van der Waals surface area contributed by atoms with E-state index >= 15 is 4.39 Å². The number of nitriles is 1. The van der Waals surface area contributed by atoms with Crippen LogP contribution in [0.5, 0.6) is 17.5 Å². The summed E-state index contributed by atoms with van der Waals surface area (Å²) >= 11 is 0. The molecule has 3 aromatic rings. The van der Waals surface area contributed by atoms with Gasteiger partial charge in [0.2, 0.25) is 17.4 Å². The van der Waals surface area contributed by atoms with Crippen LogP contribution >= 0.6 is 0 Å². The molecule has 1 aliphatic heterocycles. The number of aromatic nitrogens is 1. The summed E-state index contributed by atoms with van der Waals surface area (Å²) in [5, 5.41) is 34.0. The van der Waals surface area contributed by atoms with Gasteiger partial charge in [-0.2, -0.15) is 10.2 Å². The van der Waals surface area contributed by atoms with Crippen molar-refractivity contribution in [1.29, 1.82) is 5.26 Å². The lowest BCUT2D eigenvalue weighted by Crippen LogP contribution is -2.57. The van der Waals surface area contributed by atoms with Crippen LogP contribution in [0.3, 0.4) is 0 Å². The molecule has 1 fully saturated rings. The van der Waals surface area contributed by atoms with Gasteiger partial charge in [0.15, 0.2) is 11.3 Å². The van der Waals surface area contributed by atoms with Crippen LogP contribution in [0.25, 0.3) is 0 Å². The first-order valence-electron chi connectivity index (χ1n) is 11.8. The fraction of sp³-hybridized carbons (Fsp3) is 0.357. The zero-order valence-electron chi connectivity index (χ0n) is 21.0. The molecule has 0 spiro atoms. The largest absolute Gasteiger partial charge is 0.481 e. The maximum Gasteiger partial charge on any atom is 0.226 e. The molecule has 5 atom stereocenters. The summed E-state index contributed by atoms with van der Waals surface area (Å²) in [6, 6.07) is 18.1. The molecule has 8 nitrogen and oxygen atoms in total. The van der Waals surface area contributed by atoms with Crippen molar-refractivity contribution in [2.24, 2.45) is 5.92 Å². The number of ether oxygens (including phenoxy) is 3. The monoisotopic (exact) mass is 505 g/mol. The van der Waals surface area contributed by atoms with E-state index in [2.05, 4.69) is 11.1 Å². The van der Waals surface area contributed by atoms with Crippen LogP contribution in [0.2, 0.25) is 0 Å². The summed E-state index contributed by atoms with van der Waals surface area (Å²) in [7, 11) is 6.32. The molecule has 9 heteroatoms. The Balaban J connectivity index is 1.92. The average molecular weight is 506 g/mol. The molecule has 0 radical (unpaired) electrons. The number of pyridine rings is 1. The summed E-state index contributed by atoms with van der Waals surface area (Å²) in [5.74, 6) is -0.966. The number of alkyl halides is 1. The van der Waals surface area contributed by atoms with Crippen molar-refractivity contribution >= 4 is 0 Å². The molecule has 5 rings (SSSR count). The zero-order chi connectivity index (χ0) is 26.6. The Bertz CT molecular complexity index is 1360. The Hall–Kier alpha value is -3.71. The van der Waals surface area contributed by atoms with Gasteiger partial charge in [-0.25, -0.2) is 4.39 Å². The molecule has 1 saturated carbocycles. The van der Waals surface area contributed by atoms with E-state index in [1.54, 1.807) is 61.5 Å². The summed E-state index contributed by atoms with van der Waals surface area (Å²) in [6.45, 7) is 0.0947. The number of hydrogen-bond acceptors (Lipinski definition) is 8. The fourth-order valence-electron chi connectivity index (χ4n) is 6.04. The third-order valence-electron chi connectivity index (χ3n) is 7.52. The molecule has 2 N–H and O–H groups in total. The van der Waals surface area contributed by atoms with Crippen molar-refractivity contribution in [3.05, 3.63) is 82.9 Å². The second-order valence-corrected chi connectivity index (χ2v) is 9.68. The number of fused-ring (bicyclic) bond motifs is 3. The lowest BCUT2D eigenvalue weighted by atomic mass is 9.68. The molecule has 192 valence electrons. The summed E-state index contributed by atoms with van der Waals surface area (Å²) in [6.07, 6.45) is -1.64. The van der Waals surface area contributed by atoms with E-state index in [4.69, 9.17) is 14.2 Å². The molecular weight excluding hydrogens is 477 g/mol. The van der Waals surface area contributed by atoms with E-state index in [-0.39, 0.29) is 40.7 Å². The first-order valence-corrected chi connectivity index (χ1v) is 11.8. The van der Waals surface area contributed by atoms with Gasteiger partial charge < -0.3 is 29.3 Å². The highest BCUT2D eigenvalue weighted by molar-refractivity contribution is 5.61.